The van der Waals surface area contributed by atoms with Crippen LogP contribution in [0.1, 0.15) is 0 Å². The number of fused-ring (bicyclic) bond motifs is 1. The van der Waals surface area contributed by atoms with Crippen molar-refractivity contribution in [1.29, 1.82) is 0 Å². The molecular weight excluding hydrogens is 639 g/mol. The molecule has 0 amide bonds. The van der Waals surface area contributed by atoms with Gasteiger partial charge in [-0.25, -0.2) is 0 Å². The standard InChI is InChI=1S/C52H37N/c1-4-16-40(17-5-1)48-25-12-13-26-50(48)52-49(42-18-6-2-7-19-42)28-15-29-51(52)53(44-22-8-3-9-23-44)45-36-34-39(35-37-45)38-30-32-43(33-31-38)47-27-14-21-41-20-10-11-24-46(41)47/h1-37H. The molecular formula is C52H37N. The van der Waals surface area contributed by atoms with Crippen molar-refractivity contribution < 1.29 is 0 Å². The average molecular weight is 676 g/mol. The van der Waals surface area contributed by atoms with E-state index in [1.807, 2.05) is 0 Å². The molecule has 9 aromatic carbocycles. The first kappa shape index (κ1) is 32.0. The minimum atomic E-state index is 1.09. The molecule has 0 heterocycles. The molecule has 0 aliphatic carbocycles. The van der Waals surface area contributed by atoms with E-state index in [9.17, 15) is 0 Å². The van der Waals surface area contributed by atoms with Gasteiger partial charge in [-0.15, -0.1) is 0 Å². The highest BCUT2D eigenvalue weighted by Crippen LogP contribution is 2.48. The summed E-state index contributed by atoms with van der Waals surface area (Å²) in [6.07, 6.45) is 0. The van der Waals surface area contributed by atoms with Gasteiger partial charge in [-0.3, -0.25) is 0 Å². The molecule has 0 fully saturated rings. The van der Waals surface area contributed by atoms with E-state index in [0.717, 1.165) is 17.1 Å². The van der Waals surface area contributed by atoms with Crippen molar-refractivity contribution in [1.82, 2.24) is 0 Å². The summed E-state index contributed by atoms with van der Waals surface area (Å²) in [4.78, 5) is 2.40. The highest BCUT2D eigenvalue weighted by Gasteiger charge is 2.22. The first-order chi connectivity index (χ1) is 26.3. The Morgan fingerprint density at radius 3 is 1.38 bits per heavy atom. The van der Waals surface area contributed by atoms with Gasteiger partial charge >= 0.3 is 0 Å². The molecule has 9 aromatic rings. The number of anilines is 3. The quantitative estimate of drug-likeness (QED) is 0.155. The lowest BCUT2D eigenvalue weighted by atomic mass is 9.87. The van der Waals surface area contributed by atoms with E-state index in [-0.39, 0.29) is 0 Å². The first-order valence-corrected chi connectivity index (χ1v) is 18.2. The number of para-hydroxylation sites is 1. The Balaban J connectivity index is 1.17. The van der Waals surface area contributed by atoms with Crippen LogP contribution >= 0.6 is 0 Å². The molecule has 0 aliphatic heterocycles. The van der Waals surface area contributed by atoms with Gasteiger partial charge in [0.15, 0.2) is 0 Å². The number of rotatable bonds is 8. The topological polar surface area (TPSA) is 3.24 Å². The van der Waals surface area contributed by atoms with Crippen molar-refractivity contribution in [3.8, 4) is 55.6 Å². The van der Waals surface area contributed by atoms with E-state index in [1.54, 1.807) is 0 Å². The number of hydrogen-bond acceptors (Lipinski definition) is 1. The second kappa shape index (κ2) is 14.3. The number of hydrogen-bond donors (Lipinski definition) is 0. The van der Waals surface area contributed by atoms with Crippen molar-refractivity contribution in [3.63, 3.8) is 0 Å². The third-order valence-corrected chi connectivity index (χ3v) is 10.1. The van der Waals surface area contributed by atoms with Crippen molar-refractivity contribution >= 4 is 27.8 Å². The van der Waals surface area contributed by atoms with Crippen LogP contribution in [0.25, 0.3) is 66.4 Å². The number of nitrogens with zero attached hydrogens (tertiary/aromatic N) is 1. The van der Waals surface area contributed by atoms with E-state index in [2.05, 4.69) is 229 Å². The van der Waals surface area contributed by atoms with Crippen molar-refractivity contribution in [2.24, 2.45) is 0 Å². The van der Waals surface area contributed by atoms with E-state index >= 15 is 0 Å². The van der Waals surface area contributed by atoms with Crippen LogP contribution in [-0.4, -0.2) is 0 Å². The van der Waals surface area contributed by atoms with Gasteiger partial charge in [-0.05, 0) is 91.2 Å². The van der Waals surface area contributed by atoms with Crippen LogP contribution in [0, 0.1) is 0 Å². The van der Waals surface area contributed by atoms with Gasteiger partial charge in [0.05, 0.1) is 5.69 Å². The first-order valence-electron chi connectivity index (χ1n) is 18.2. The second-order valence-electron chi connectivity index (χ2n) is 13.3. The largest absolute Gasteiger partial charge is 0.310 e. The lowest BCUT2D eigenvalue weighted by Crippen LogP contribution is -2.12. The SMILES string of the molecule is c1ccc(-c2ccccc2-c2c(-c3ccccc3)cccc2N(c2ccccc2)c2ccc(-c3ccc(-c4cccc5ccccc45)cc3)cc2)cc1. The van der Waals surface area contributed by atoms with E-state index in [4.69, 9.17) is 0 Å². The molecule has 1 nitrogen and oxygen atoms in total. The van der Waals surface area contributed by atoms with Crippen LogP contribution in [0.5, 0.6) is 0 Å². The molecule has 0 unspecified atom stereocenters. The molecule has 0 atom stereocenters. The molecule has 0 aliphatic rings. The lowest BCUT2D eigenvalue weighted by molar-refractivity contribution is 1.28. The second-order valence-corrected chi connectivity index (χ2v) is 13.3. The molecule has 0 saturated carbocycles. The fraction of sp³-hybridized carbons (Fsp3) is 0. The van der Waals surface area contributed by atoms with Crippen LogP contribution in [0.4, 0.5) is 17.1 Å². The maximum Gasteiger partial charge on any atom is 0.0546 e. The van der Waals surface area contributed by atoms with Gasteiger partial charge in [0.1, 0.15) is 0 Å². The minimum absolute atomic E-state index is 1.09. The van der Waals surface area contributed by atoms with Gasteiger partial charge < -0.3 is 4.90 Å². The van der Waals surface area contributed by atoms with Crippen LogP contribution in [-0.2, 0) is 0 Å². The summed E-state index contributed by atoms with van der Waals surface area (Å²) in [6, 6.07) is 80.8. The molecule has 0 bridgehead atoms. The Hall–Kier alpha value is -6.96. The molecule has 9 rings (SSSR count). The highest BCUT2D eigenvalue weighted by molar-refractivity contribution is 6.01. The lowest BCUT2D eigenvalue weighted by Gasteiger charge is -2.30. The monoisotopic (exact) mass is 675 g/mol. The molecule has 250 valence electrons. The number of benzene rings is 9. The smallest absolute Gasteiger partial charge is 0.0546 e. The van der Waals surface area contributed by atoms with Crippen LogP contribution in [0.2, 0.25) is 0 Å². The zero-order valence-electron chi connectivity index (χ0n) is 29.3. The Morgan fingerprint density at radius 2 is 0.679 bits per heavy atom. The molecule has 1 heteroatoms. The van der Waals surface area contributed by atoms with Gasteiger partial charge in [0, 0.05) is 16.9 Å². The maximum absolute atomic E-state index is 2.40. The fourth-order valence-electron chi connectivity index (χ4n) is 7.56. The summed E-state index contributed by atoms with van der Waals surface area (Å²) in [5.41, 5.74) is 15.3. The Labute approximate surface area is 311 Å². The summed E-state index contributed by atoms with van der Waals surface area (Å²) in [6.45, 7) is 0. The van der Waals surface area contributed by atoms with E-state index in [1.165, 1.54) is 66.4 Å². The van der Waals surface area contributed by atoms with Crippen LogP contribution in [0.3, 0.4) is 0 Å². The van der Waals surface area contributed by atoms with Crippen molar-refractivity contribution in [2.45, 2.75) is 0 Å². The van der Waals surface area contributed by atoms with E-state index < -0.39 is 0 Å². The van der Waals surface area contributed by atoms with Gasteiger partial charge in [-0.1, -0.05) is 194 Å². The Morgan fingerprint density at radius 1 is 0.245 bits per heavy atom. The molecule has 0 radical (unpaired) electrons. The minimum Gasteiger partial charge on any atom is -0.310 e. The third kappa shape index (κ3) is 6.30. The van der Waals surface area contributed by atoms with Gasteiger partial charge in [0.2, 0.25) is 0 Å². The fourth-order valence-corrected chi connectivity index (χ4v) is 7.56. The zero-order valence-corrected chi connectivity index (χ0v) is 29.3. The highest BCUT2D eigenvalue weighted by atomic mass is 15.1. The van der Waals surface area contributed by atoms with Crippen molar-refractivity contribution in [3.05, 3.63) is 224 Å². The Bertz CT molecular complexity index is 2620. The van der Waals surface area contributed by atoms with Gasteiger partial charge in [0.25, 0.3) is 0 Å². The summed E-state index contributed by atoms with van der Waals surface area (Å²) in [5, 5.41) is 2.53. The Kier molecular flexibility index (Phi) is 8.66. The predicted molar refractivity (Wildman–Crippen MR) is 226 cm³/mol. The summed E-state index contributed by atoms with van der Waals surface area (Å²) < 4.78 is 0. The third-order valence-electron chi connectivity index (χ3n) is 10.1. The van der Waals surface area contributed by atoms with E-state index in [0.29, 0.717) is 0 Å². The maximum atomic E-state index is 2.40. The molecule has 0 spiro atoms. The zero-order chi connectivity index (χ0) is 35.4. The summed E-state index contributed by atoms with van der Waals surface area (Å²) >= 11 is 0. The van der Waals surface area contributed by atoms with Gasteiger partial charge in [-0.2, -0.15) is 0 Å². The molecule has 53 heavy (non-hydrogen) atoms. The predicted octanol–water partition coefficient (Wildman–Crippen LogP) is 14.6. The van der Waals surface area contributed by atoms with Crippen molar-refractivity contribution in [2.75, 3.05) is 4.90 Å². The summed E-state index contributed by atoms with van der Waals surface area (Å²) in [5.74, 6) is 0. The molecule has 0 aromatic heterocycles. The van der Waals surface area contributed by atoms with Crippen LogP contribution < -0.4 is 4.90 Å². The summed E-state index contributed by atoms with van der Waals surface area (Å²) in [7, 11) is 0. The average Bonchev–Trinajstić information content (AvgIpc) is 3.25. The molecule has 0 saturated heterocycles. The normalized spacial score (nSPS) is 11.0. The van der Waals surface area contributed by atoms with Crippen LogP contribution in [0.15, 0.2) is 224 Å². The molecule has 0 N–H and O–H groups in total.